The van der Waals surface area contributed by atoms with Gasteiger partial charge in [0.05, 0.1) is 11.5 Å². The normalized spacial score (nSPS) is 21.4. The summed E-state index contributed by atoms with van der Waals surface area (Å²) in [7, 11) is -2.72. The molecule has 0 amide bonds. The number of nitrogens with one attached hydrogen (secondary N) is 1. The zero-order chi connectivity index (χ0) is 12.0. The van der Waals surface area contributed by atoms with Crippen LogP contribution >= 0.6 is 0 Å². The molecule has 1 aliphatic rings. The Bertz CT molecular complexity index is 267. The molecule has 0 saturated carbocycles. The van der Waals surface area contributed by atoms with E-state index in [1.807, 2.05) is 0 Å². The van der Waals surface area contributed by atoms with Gasteiger partial charge in [0.15, 0.2) is 0 Å². The van der Waals surface area contributed by atoms with Gasteiger partial charge < -0.3 is 5.32 Å². The van der Waals surface area contributed by atoms with Crippen molar-refractivity contribution in [3.05, 3.63) is 0 Å². The number of sulfone groups is 1. The summed E-state index contributed by atoms with van der Waals surface area (Å²) in [5, 5.41) is 3.63. The highest BCUT2D eigenvalue weighted by Crippen LogP contribution is 2.15. The van der Waals surface area contributed by atoms with Gasteiger partial charge in [-0.15, -0.1) is 0 Å². The van der Waals surface area contributed by atoms with Crippen molar-refractivity contribution in [3.8, 4) is 0 Å². The fourth-order valence-corrected chi connectivity index (χ4v) is 3.89. The molecule has 0 spiro atoms. The maximum absolute atomic E-state index is 11.3. The lowest BCUT2D eigenvalue weighted by Crippen LogP contribution is -2.43. The fraction of sp³-hybridized carbons (Fsp3) is 1.00. The third-order valence-electron chi connectivity index (χ3n) is 3.30. The van der Waals surface area contributed by atoms with Crippen molar-refractivity contribution in [1.82, 2.24) is 5.32 Å². The first-order valence-electron chi connectivity index (χ1n) is 6.54. The molecule has 0 radical (unpaired) electrons. The summed E-state index contributed by atoms with van der Waals surface area (Å²) in [6.45, 7) is 4.41. The fourth-order valence-electron chi connectivity index (χ4n) is 2.40. The lowest BCUT2D eigenvalue weighted by molar-refractivity contribution is 0.364. The summed E-state index contributed by atoms with van der Waals surface area (Å²) in [4.78, 5) is 0. The van der Waals surface area contributed by atoms with E-state index in [1.54, 1.807) is 0 Å². The summed E-state index contributed by atoms with van der Waals surface area (Å²) in [5.41, 5.74) is 0. The van der Waals surface area contributed by atoms with E-state index in [2.05, 4.69) is 19.2 Å². The third-order valence-corrected chi connectivity index (χ3v) is 5.02. The summed E-state index contributed by atoms with van der Waals surface area (Å²) in [5.74, 6) is 0.741. The zero-order valence-electron chi connectivity index (χ0n) is 10.5. The molecule has 96 valence electrons. The molecule has 0 aromatic rings. The van der Waals surface area contributed by atoms with Crippen molar-refractivity contribution in [1.29, 1.82) is 0 Å². The van der Waals surface area contributed by atoms with Gasteiger partial charge in [-0.25, -0.2) is 8.42 Å². The minimum Gasteiger partial charge on any atom is -0.311 e. The average Bonchev–Trinajstić information content (AvgIpc) is 2.22. The van der Waals surface area contributed by atoms with Gasteiger partial charge >= 0.3 is 0 Å². The van der Waals surface area contributed by atoms with Gasteiger partial charge in [0.25, 0.3) is 0 Å². The molecule has 0 aromatic carbocycles. The average molecular weight is 247 g/mol. The molecule has 0 unspecified atom stereocenters. The van der Waals surface area contributed by atoms with Gasteiger partial charge in [-0.05, 0) is 25.7 Å². The first-order chi connectivity index (χ1) is 7.57. The van der Waals surface area contributed by atoms with Gasteiger partial charge in [0.1, 0.15) is 9.84 Å². The topological polar surface area (TPSA) is 46.2 Å². The molecule has 1 fully saturated rings. The zero-order valence-corrected chi connectivity index (χ0v) is 11.4. The Hall–Kier alpha value is -0.0900. The molecule has 0 bridgehead atoms. The number of hydrogen-bond acceptors (Lipinski definition) is 3. The Balaban J connectivity index is 2.35. The molecule has 4 heteroatoms. The Morgan fingerprint density at radius 1 is 1.12 bits per heavy atom. The molecular formula is C12H25NO2S. The van der Waals surface area contributed by atoms with Crippen LogP contribution in [0.25, 0.3) is 0 Å². The Morgan fingerprint density at radius 3 is 2.06 bits per heavy atom. The van der Waals surface area contributed by atoms with Crippen LogP contribution in [0.2, 0.25) is 0 Å². The summed E-state index contributed by atoms with van der Waals surface area (Å²) < 4.78 is 22.6. The van der Waals surface area contributed by atoms with Gasteiger partial charge in [-0.2, -0.15) is 0 Å². The van der Waals surface area contributed by atoms with Crippen LogP contribution in [0.1, 0.15) is 52.4 Å². The van der Waals surface area contributed by atoms with Crippen molar-refractivity contribution in [2.75, 3.05) is 11.5 Å². The quantitative estimate of drug-likeness (QED) is 0.782. The lowest BCUT2D eigenvalue weighted by atomic mass is 10.0. The molecule has 1 saturated heterocycles. The van der Waals surface area contributed by atoms with Crippen molar-refractivity contribution >= 4 is 9.84 Å². The van der Waals surface area contributed by atoms with Crippen LogP contribution in [0.5, 0.6) is 0 Å². The van der Waals surface area contributed by atoms with Crippen molar-refractivity contribution in [2.24, 2.45) is 0 Å². The molecule has 1 heterocycles. The highest BCUT2D eigenvalue weighted by molar-refractivity contribution is 7.91. The monoisotopic (exact) mass is 247 g/mol. The van der Waals surface area contributed by atoms with E-state index in [-0.39, 0.29) is 0 Å². The predicted molar refractivity (Wildman–Crippen MR) is 68.4 cm³/mol. The number of hydrogen-bond donors (Lipinski definition) is 1. The Kier molecular flexibility index (Phi) is 5.76. The van der Waals surface area contributed by atoms with E-state index < -0.39 is 9.84 Å². The molecule has 3 nitrogen and oxygen atoms in total. The highest BCUT2D eigenvalue weighted by Gasteiger charge is 2.24. The number of rotatable bonds is 6. The second-order valence-corrected chi connectivity index (χ2v) is 7.17. The van der Waals surface area contributed by atoms with Crippen LogP contribution in [0.4, 0.5) is 0 Å². The van der Waals surface area contributed by atoms with Crippen LogP contribution in [-0.4, -0.2) is 32.0 Å². The van der Waals surface area contributed by atoms with E-state index in [0.29, 0.717) is 23.6 Å². The summed E-state index contributed by atoms with van der Waals surface area (Å²) >= 11 is 0. The van der Waals surface area contributed by atoms with Gasteiger partial charge in [0, 0.05) is 12.1 Å². The summed E-state index contributed by atoms with van der Waals surface area (Å²) in [6, 6.07) is 1.01. The molecule has 0 aliphatic carbocycles. The molecule has 1 rings (SSSR count). The largest absolute Gasteiger partial charge is 0.311 e. The smallest absolute Gasteiger partial charge is 0.150 e. The SMILES string of the molecule is CCCC(CCC)NC1CCS(=O)(=O)CC1. The van der Waals surface area contributed by atoms with Gasteiger partial charge in [0.2, 0.25) is 0 Å². The molecule has 0 aromatic heterocycles. The Morgan fingerprint density at radius 2 is 1.62 bits per heavy atom. The van der Waals surface area contributed by atoms with E-state index in [1.165, 1.54) is 25.7 Å². The van der Waals surface area contributed by atoms with Crippen molar-refractivity contribution in [2.45, 2.75) is 64.5 Å². The maximum atomic E-state index is 11.3. The van der Waals surface area contributed by atoms with Crippen LogP contribution in [0.3, 0.4) is 0 Å². The van der Waals surface area contributed by atoms with E-state index in [0.717, 1.165) is 12.8 Å². The second-order valence-electron chi connectivity index (χ2n) is 4.87. The molecule has 0 atom stereocenters. The minimum absolute atomic E-state index is 0.371. The van der Waals surface area contributed by atoms with Crippen molar-refractivity contribution in [3.63, 3.8) is 0 Å². The molecule has 1 aliphatic heterocycles. The minimum atomic E-state index is -2.72. The summed E-state index contributed by atoms with van der Waals surface area (Å²) in [6.07, 6.45) is 6.40. The van der Waals surface area contributed by atoms with Gasteiger partial charge in [-0.3, -0.25) is 0 Å². The highest BCUT2D eigenvalue weighted by atomic mass is 32.2. The standard InChI is InChI=1S/C12H25NO2S/c1-3-5-11(6-4-2)13-12-7-9-16(14,15)10-8-12/h11-13H,3-10H2,1-2H3. The van der Waals surface area contributed by atoms with Crippen LogP contribution in [0, 0.1) is 0 Å². The predicted octanol–water partition coefficient (Wildman–Crippen LogP) is 2.12. The molecular weight excluding hydrogens is 222 g/mol. The van der Waals surface area contributed by atoms with E-state index in [9.17, 15) is 8.42 Å². The van der Waals surface area contributed by atoms with Crippen LogP contribution in [0.15, 0.2) is 0 Å². The van der Waals surface area contributed by atoms with Crippen LogP contribution < -0.4 is 5.32 Å². The van der Waals surface area contributed by atoms with E-state index >= 15 is 0 Å². The van der Waals surface area contributed by atoms with Crippen molar-refractivity contribution < 1.29 is 8.42 Å². The van der Waals surface area contributed by atoms with Gasteiger partial charge in [-0.1, -0.05) is 26.7 Å². The van der Waals surface area contributed by atoms with Crippen LogP contribution in [-0.2, 0) is 9.84 Å². The third kappa shape index (κ3) is 4.83. The second kappa shape index (κ2) is 6.60. The molecule has 16 heavy (non-hydrogen) atoms. The first kappa shape index (κ1) is 14.0. The lowest BCUT2D eigenvalue weighted by Gasteiger charge is -2.28. The van der Waals surface area contributed by atoms with E-state index in [4.69, 9.17) is 0 Å². The maximum Gasteiger partial charge on any atom is 0.150 e. The first-order valence-corrected chi connectivity index (χ1v) is 8.36. The molecule has 1 N–H and O–H groups in total. The Labute approximate surface area is 99.9 Å².